The maximum Gasteiger partial charge on any atom is 0.416 e. The van der Waals surface area contributed by atoms with E-state index in [1.807, 2.05) is 0 Å². The summed E-state index contributed by atoms with van der Waals surface area (Å²) in [6.07, 6.45) is -4.71. The molecule has 6 nitrogen and oxygen atoms in total. The molecule has 0 aliphatic carbocycles. The number of anilines is 1. The second kappa shape index (κ2) is 8.50. The van der Waals surface area contributed by atoms with Gasteiger partial charge in [-0.1, -0.05) is 6.92 Å². The van der Waals surface area contributed by atoms with Gasteiger partial charge in [0.05, 0.1) is 23.4 Å². The molecule has 0 saturated heterocycles. The van der Waals surface area contributed by atoms with Gasteiger partial charge in [0.25, 0.3) is 5.91 Å². The zero-order valence-corrected chi connectivity index (χ0v) is 14.0. The number of nitrogens with one attached hydrogen (secondary N) is 2. The van der Waals surface area contributed by atoms with Crippen molar-refractivity contribution in [3.05, 3.63) is 29.3 Å². The summed E-state index contributed by atoms with van der Waals surface area (Å²) in [4.78, 5) is 34.4. The van der Waals surface area contributed by atoms with Crippen LogP contribution in [0.2, 0.25) is 0 Å². The quantitative estimate of drug-likeness (QED) is 0.764. The molecule has 138 valence electrons. The second-order valence-corrected chi connectivity index (χ2v) is 5.29. The average molecular weight is 360 g/mol. The number of halogens is 3. The number of rotatable bonds is 6. The van der Waals surface area contributed by atoms with Crippen LogP contribution in [0.15, 0.2) is 18.2 Å². The largest absolute Gasteiger partial charge is 0.461 e. The SMILES string of the molecule is CCC(CNC(=O)c1ccc(C(F)(F)F)cc1NC(C)=O)OC(C)=O. The molecule has 9 heteroatoms. The lowest BCUT2D eigenvalue weighted by Crippen LogP contribution is -2.34. The third-order valence-electron chi connectivity index (χ3n) is 3.18. The van der Waals surface area contributed by atoms with E-state index >= 15 is 0 Å². The zero-order valence-electron chi connectivity index (χ0n) is 14.0. The summed E-state index contributed by atoms with van der Waals surface area (Å²) in [5.41, 5.74) is -1.36. The first-order chi connectivity index (χ1) is 11.5. The first-order valence-electron chi connectivity index (χ1n) is 7.48. The van der Waals surface area contributed by atoms with Gasteiger partial charge in [-0.15, -0.1) is 0 Å². The number of alkyl halides is 3. The molecular weight excluding hydrogens is 341 g/mol. The van der Waals surface area contributed by atoms with Crippen molar-refractivity contribution in [1.82, 2.24) is 5.32 Å². The molecule has 0 fully saturated rings. The summed E-state index contributed by atoms with van der Waals surface area (Å²) in [6.45, 7) is 4.10. The topological polar surface area (TPSA) is 84.5 Å². The van der Waals surface area contributed by atoms with Gasteiger partial charge in [0, 0.05) is 13.8 Å². The van der Waals surface area contributed by atoms with E-state index in [9.17, 15) is 27.6 Å². The molecule has 0 bridgehead atoms. The fraction of sp³-hybridized carbons (Fsp3) is 0.438. The van der Waals surface area contributed by atoms with E-state index < -0.39 is 35.6 Å². The molecule has 1 unspecified atom stereocenters. The lowest BCUT2D eigenvalue weighted by molar-refractivity contribution is -0.146. The summed E-state index contributed by atoms with van der Waals surface area (Å²) >= 11 is 0. The van der Waals surface area contributed by atoms with E-state index in [0.29, 0.717) is 12.5 Å². The molecular formula is C16H19F3N2O4. The third kappa shape index (κ3) is 6.44. The van der Waals surface area contributed by atoms with E-state index in [2.05, 4.69) is 10.6 Å². The van der Waals surface area contributed by atoms with Crippen LogP contribution in [0.5, 0.6) is 0 Å². The smallest absolute Gasteiger partial charge is 0.416 e. The van der Waals surface area contributed by atoms with Crippen molar-refractivity contribution in [3.63, 3.8) is 0 Å². The number of amides is 2. The zero-order chi connectivity index (χ0) is 19.2. The lowest BCUT2D eigenvalue weighted by atomic mass is 10.1. The van der Waals surface area contributed by atoms with Gasteiger partial charge in [0.1, 0.15) is 6.10 Å². The summed E-state index contributed by atoms with van der Waals surface area (Å²) in [7, 11) is 0. The summed E-state index contributed by atoms with van der Waals surface area (Å²) in [5.74, 6) is -1.81. The molecule has 1 aromatic rings. The molecule has 0 spiro atoms. The lowest BCUT2D eigenvalue weighted by Gasteiger charge is -2.17. The Morgan fingerprint density at radius 1 is 1.20 bits per heavy atom. The van der Waals surface area contributed by atoms with Crippen molar-refractivity contribution < 1.29 is 32.3 Å². The van der Waals surface area contributed by atoms with Gasteiger partial charge in [-0.25, -0.2) is 0 Å². The van der Waals surface area contributed by atoms with Crippen molar-refractivity contribution in [2.45, 2.75) is 39.5 Å². The first-order valence-corrected chi connectivity index (χ1v) is 7.48. The normalized spacial score (nSPS) is 12.2. The second-order valence-electron chi connectivity index (χ2n) is 5.29. The fourth-order valence-electron chi connectivity index (χ4n) is 2.02. The van der Waals surface area contributed by atoms with Crippen molar-refractivity contribution in [1.29, 1.82) is 0 Å². The fourth-order valence-corrected chi connectivity index (χ4v) is 2.02. The maximum absolute atomic E-state index is 12.8. The maximum atomic E-state index is 12.8. The highest BCUT2D eigenvalue weighted by Crippen LogP contribution is 2.32. The van der Waals surface area contributed by atoms with E-state index in [-0.39, 0.29) is 17.8 Å². The van der Waals surface area contributed by atoms with Gasteiger partial charge in [-0.2, -0.15) is 13.2 Å². The molecule has 0 heterocycles. The van der Waals surface area contributed by atoms with Crippen LogP contribution >= 0.6 is 0 Å². The van der Waals surface area contributed by atoms with Crippen LogP contribution < -0.4 is 10.6 Å². The van der Waals surface area contributed by atoms with Crippen LogP contribution in [0.25, 0.3) is 0 Å². The molecule has 0 saturated carbocycles. The number of benzene rings is 1. The summed E-state index contributed by atoms with van der Waals surface area (Å²) in [5, 5.41) is 4.69. The Hall–Kier alpha value is -2.58. The van der Waals surface area contributed by atoms with Crippen LogP contribution in [0, 0.1) is 0 Å². The third-order valence-corrected chi connectivity index (χ3v) is 3.18. The Balaban J connectivity index is 2.99. The predicted octanol–water partition coefficient (Wildman–Crippen LogP) is 2.74. The molecule has 0 aromatic heterocycles. The number of ether oxygens (including phenoxy) is 1. The van der Waals surface area contributed by atoms with Gasteiger partial charge in [0.15, 0.2) is 0 Å². The molecule has 0 aliphatic rings. The molecule has 25 heavy (non-hydrogen) atoms. The van der Waals surface area contributed by atoms with E-state index in [1.54, 1.807) is 6.92 Å². The Kier molecular flexibility index (Phi) is 6.96. The Labute approximate surface area is 142 Å². The summed E-state index contributed by atoms with van der Waals surface area (Å²) < 4.78 is 43.4. The van der Waals surface area contributed by atoms with Crippen LogP contribution in [0.4, 0.5) is 18.9 Å². The highest BCUT2D eigenvalue weighted by Gasteiger charge is 2.31. The van der Waals surface area contributed by atoms with Gasteiger partial charge < -0.3 is 15.4 Å². The van der Waals surface area contributed by atoms with Crippen LogP contribution in [-0.2, 0) is 20.5 Å². The molecule has 1 atom stereocenters. The molecule has 0 aliphatic heterocycles. The number of carbonyl (C=O) groups excluding carboxylic acids is 3. The van der Waals surface area contributed by atoms with Crippen molar-refractivity contribution in [2.24, 2.45) is 0 Å². The Morgan fingerprint density at radius 2 is 1.84 bits per heavy atom. The molecule has 2 amide bonds. The number of esters is 1. The molecule has 1 aromatic carbocycles. The van der Waals surface area contributed by atoms with Crippen molar-refractivity contribution in [3.8, 4) is 0 Å². The van der Waals surface area contributed by atoms with Crippen LogP contribution in [0.1, 0.15) is 43.1 Å². The number of hydrogen-bond acceptors (Lipinski definition) is 4. The van der Waals surface area contributed by atoms with E-state index in [4.69, 9.17) is 4.74 Å². The first kappa shape index (κ1) is 20.5. The van der Waals surface area contributed by atoms with E-state index in [1.165, 1.54) is 6.92 Å². The van der Waals surface area contributed by atoms with Crippen LogP contribution in [0.3, 0.4) is 0 Å². The van der Waals surface area contributed by atoms with Gasteiger partial charge in [-0.3, -0.25) is 14.4 Å². The number of carbonyl (C=O) groups is 3. The highest BCUT2D eigenvalue weighted by molar-refractivity contribution is 6.03. The average Bonchev–Trinajstić information content (AvgIpc) is 2.49. The Bertz CT molecular complexity index is 659. The minimum absolute atomic E-state index is 0.00452. The van der Waals surface area contributed by atoms with Gasteiger partial charge in [-0.05, 0) is 24.6 Å². The molecule has 0 radical (unpaired) electrons. The Morgan fingerprint density at radius 3 is 2.32 bits per heavy atom. The standard InChI is InChI=1S/C16H19F3N2O4/c1-4-12(25-10(3)23)8-20-15(24)13-6-5-11(16(17,18)19)7-14(13)21-9(2)22/h5-7,12H,4,8H2,1-3H3,(H,20,24)(H,21,22). The van der Waals surface area contributed by atoms with Crippen molar-refractivity contribution in [2.75, 3.05) is 11.9 Å². The van der Waals surface area contributed by atoms with Crippen molar-refractivity contribution >= 4 is 23.5 Å². The van der Waals surface area contributed by atoms with E-state index in [0.717, 1.165) is 19.1 Å². The van der Waals surface area contributed by atoms with Crippen LogP contribution in [-0.4, -0.2) is 30.4 Å². The molecule has 2 N–H and O–H groups in total. The summed E-state index contributed by atoms with van der Waals surface area (Å²) in [6, 6.07) is 2.43. The monoisotopic (exact) mass is 360 g/mol. The molecule has 1 rings (SSSR count). The minimum atomic E-state index is -4.61. The van der Waals surface area contributed by atoms with Gasteiger partial charge in [0.2, 0.25) is 5.91 Å². The number of hydrogen-bond donors (Lipinski definition) is 2. The predicted molar refractivity (Wildman–Crippen MR) is 83.9 cm³/mol. The minimum Gasteiger partial charge on any atom is -0.461 e. The highest BCUT2D eigenvalue weighted by atomic mass is 19.4. The van der Waals surface area contributed by atoms with Gasteiger partial charge >= 0.3 is 12.1 Å².